The van der Waals surface area contributed by atoms with E-state index in [-0.39, 0.29) is 0 Å². The van der Waals surface area contributed by atoms with E-state index in [4.69, 9.17) is 0 Å². The lowest BCUT2D eigenvalue weighted by molar-refractivity contribution is 0.905. The van der Waals surface area contributed by atoms with Gasteiger partial charge in [-0.3, -0.25) is 0 Å². The van der Waals surface area contributed by atoms with Crippen molar-refractivity contribution in [2.24, 2.45) is 0 Å². The van der Waals surface area contributed by atoms with E-state index in [0.29, 0.717) is 0 Å². The van der Waals surface area contributed by atoms with Crippen molar-refractivity contribution >= 4 is 0 Å². The molecule has 0 radical (unpaired) electrons. The first-order valence-corrected chi connectivity index (χ1v) is 6.99. The molecule has 0 atom stereocenters. The smallest absolute Gasteiger partial charge is 0.0236 e. The molecule has 3 rings (SSSR count). The highest BCUT2D eigenvalue weighted by molar-refractivity contribution is 5.43. The first-order valence-electron chi connectivity index (χ1n) is 6.99. The Bertz CT molecular complexity index is 537. The Balaban J connectivity index is 1.78. The lowest BCUT2D eigenvalue weighted by Gasteiger charge is -2.11. The zero-order valence-corrected chi connectivity index (χ0v) is 11.1. The van der Waals surface area contributed by atoms with Crippen LogP contribution < -0.4 is 0 Å². The van der Waals surface area contributed by atoms with Crippen LogP contribution in [0.25, 0.3) is 0 Å². The van der Waals surface area contributed by atoms with Gasteiger partial charge < -0.3 is 0 Å². The maximum Gasteiger partial charge on any atom is -0.0236 e. The van der Waals surface area contributed by atoms with Crippen molar-refractivity contribution in [1.82, 2.24) is 0 Å². The zero-order chi connectivity index (χ0) is 12.4. The summed E-state index contributed by atoms with van der Waals surface area (Å²) in [5, 5.41) is 0. The second-order valence-corrected chi connectivity index (χ2v) is 5.33. The molecule has 0 fully saturated rings. The standard InChI is InChI=1S/C18H20/c1-14-16(11-10-15-6-3-2-4-7-15)12-13-17-8-5-9-18(14)17/h2-4,6-7,12-13H,5,8-11H2,1H3. The normalized spacial score (nSPS) is 13.6. The van der Waals surface area contributed by atoms with Crippen LogP contribution in [0.3, 0.4) is 0 Å². The molecule has 1 aliphatic rings. The van der Waals surface area contributed by atoms with Gasteiger partial charge in [0.2, 0.25) is 0 Å². The number of rotatable bonds is 3. The van der Waals surface area contributed by atoms with Crippen LogP contribution >= 0.6 is 0 Å². The van der Waals surface area contributed by atoms with Gasteiger partial charge in [0.1, 0.15) is 0 Å². The van der Waals surface area contributed by atoms with E-state index < -0.39 is 0 Å². The summed E-state index contributed by atoms with van der Waals surface area (Å²) in [5.74, 6) is 0. The lowest BCUT2D eigenvalue weighted by atomic mass is 9.95. The molecule has 2 aromatic rings. The van der Waals surface area contributed by atoms with Crippen molar-refractivity contribution in [3.63, 3.8) is 0 Å². The molecule has 0 heterocycles. The van der Waals surface area contributed by atoms with E-state index in [2.05, 4.69) is 49.4 Å². The molecular weight excluding hydrogens is 216 g/mol. The highest BCUT2D eigenvalue weighted by atomic mass is 14.2. The van der Waals surface area contributed by atoms with Gasteiger partial charge in [0, 0.05) is 0 Å². The van der Waals surface area contributed by atoms with E-state index in [1.165, 1.54) is 31.2 Å². The molecule has 2 aromatic carbocycles. The minimum absolute atomic E-state index is 1.15. The SMILES string of the molecule is Cc1c(CCc2ccccc2)ccc2c1CCC2. The fraction of sp³-hybridized carbons (Fsp3) is 0.333. The molecule has 0 nitrogen and oxygen atoms in total. The maximum absolute atomic E-state index is 2.36. The zero-order valence-electron chi connectivity index (χ0n) is 11.1. The third kappa shape index (κ3) is 2.20. The quantitative estimate of drug-likeness (QED) is 0.746. The molecule has 0 spiro atoms. The summed E-state index contributed by atoms with van der Waals surface area (Å²) in [6.07, 6.45) is 6.25. The minimum Gasteiger partial charge on any atom is -0.0622 e. The van der Waals surface area contributed by atoms with Gasteiger partial charge in [-0.2, -0.15) is 0 Å². The largest absolute Gasteiger partial charge is 0.0622 e. The molecule has 0 heteroatoms. The first-order chi connectivity index (χ1) is 8.84. The second kappa shape index (κ2) is 4.97. The number of hydrogen-bond donors (Lipinski definition) is 0. The van der Waals surface area contributed by atoms with Crippen LogP contribution in [-0.2, 0) is 25.7 Å². The van der Waals surface area contributed by atoms with Crippen molar-refractivity contribution in [3.05, 3.63) is 70.3 Å². The van der Waals surface area contributed by atoms with Crippen molar-refractivity contribution in [1.29, 1.82) is 0 Å². The van der Waals surface area contributed by atoms with Crippen LogP contribution in [-0.4, -0.2) is 0 Å². The predicted molar refractivity (Wildman–Crippen MR) is 77.1 cm³/mol. The van der Waals surface area contributed by atoms with Crippen molar-refractivity contribution in [2.75, 3.05) is 0 Å². The van der Waals surface area contributed by atoms with Gasteiger partial charge in [-0.05, 0) is 66.8 Å². The minimum atomic E-state index is 1.15. The van der Waals surface area contributed by atoms with Crippen LogP contribution in [0.15, 0.2) is 42.5 Å². The molecule has 0 unspecified atom stereocenters. The van der Waals surface area contributed by atoms with Gasteiger partial charge in [0.05, 0.1) is 0 Å². The van der Waals surface area contributed by atoms with E-state index in [1.54, 1.807) is 22.3 Å². The van der Waals surface area contributed by atoms with Gasteiger partial charge in [-0.25, -0.2) is 0 Å². The Hall–Kier alpha value is -1.56. The van der Waals surface area contributed by atoms with Crippen LogP contribution in [0.2, 0.25) is 0 Å². The monoisotopic (exact) mass is 236 g/mol. The molecular formula is C18H20. The van der Waals surface area contributed by atoms with Crippen molar-refractivity contribution in [2.45, 2.75) is 39.0 Å². The average Bonchev–Trinajstić information content (AvgIpc) is 2.88. The highest BCUT2D eigenvalue weighted by Gasteiger charge is 2.14. The predicted octanol–water partition coefficient (Wildman–Crippen LogP) is 4.27. The molecule has 0 aromatic heterocycles. The van der Waals surface area contributed by atoms with Crippen molar-refractivity contribution in [3.8, 4) is 0 Å². The summed E-state index contributed by atoms with van der Waals surface area (Å²) in [6, 6.07) is 15.5. The molecule has 0 N–H and O–H groups in total. The molecule has 1 aliphatic carbocycles. The number of hydrogen-bond acceptors (Lipinski definition) is 0. The summed E-state index contributed by atoms with van der Waals surface area (Å²) >= 11 is 0. The lowest BCUT2D eigenvalue weighted by Crippen LogP contribution is -1.98. The average molecular weight is 236 g/mol. The first kappa shape index (κ1) is 11.5. The van der Waals surface area contributed by atoms with Gasteiger partial charge >= 0.3 is 0 Å². The number of benzene rings is 2. The summed E-state index contributed by atoms with van der Waals surface area (Å²) in [4.78, 5) is 0. The molecule has 0 saturated heterocycles. The van der Waals surface area contributed by atoms with Crippen LogP contribution in [0.5, 0.6) is 0 Å². The second-order valence-electron chi connectivity index (χ2n) is 5.33. The third-order valence-electron chi connectivity index (χ3n) is 4.21. The van der Waals surface area contributed by atoms with E-state index in [1.807, 2.05) is 0 Å². The Morgan fingerprint density at radius 3 is 2.56 bits per heavy atom. The van der Waals surface area contributed by atoms with Crippen LogP contribution in [0.4, 0.5) is 0 Å². The number of fused-ring (bicyclic) bond motifs is 1. The molecule has 0 aliphatic heterocycles. The molecule has 0 amide bonds. The molecule has 0 bridgehead atoms. The van der Waals surface area contributed by atoms with Gasteiger partial charge in [0.15, 0.2) is 0 Å². The van der Waals surface area contributed by atoms with E-state index in [9.17, 15) is 0 Å². The number of aryl methyl sites for hydroxylation is 3. The molecule has 92 valence electrons. The summed E-state index contributed by atoms with van der Waals surface area (Å²) in [7, 11) is 0. The van der Waals surface area contributed by atoms with Gasteiger partial charge in [-0.15, -0.1) is 0 Å². The maximum atomic E-state index is 2.36. The van der Waals surface area contributed by atoms with Crippen LogP contribution in [0, 0.1) is 6.92 Å². The van der Waals surface area contributed by atoms with Crippen molar-refractivity contribution < 1.29 is 0 Å². The third-order valence-corrected chi connectivity index (χ3v) is 4.21. The highest BCUT2D eigenvalue weighted by Crippen LogP contribution is 2.27. The molecule has 0 saturated carbocycles. The fourth-order valence-electron chi connectivity index (χ4n) is 3.09. The Kier molecular flexibility index (Phi) is 3.19. The topological polar surface area (TPSA) is 0 Å². The van der Waals surface area contributed by atoms with E-state index in [0.717, 1.165) is 6.42 Å². The Morgan fingerprint density at radius 2 is 1.72 bits per heavy atom. The van der Waals surface area contributed by atoms with Gasteiger partial charge in [-0.1, -0.05) is 42.5 Å². The summed E-state index contributed by atoms with van der Waals surface area (Å²) in [6.45, 7) is 2.31. The Morgan fingerprint density at radius 1 is 0.889 bits per heavy atom. The van der Waals surface area contributed by atoms with Crippen LogP contribution in [0.1, 0.15) is 34.2 Å². The summed E-state index contributed by atoms with van der Waals surface area (Å²) in [5.41, 5.74) is 7.77. The summed E-state index contributed by atoms with van der Waals surface area (Å²) < 4.78 is 0. The van der Waals surface area contributed by atoms with Gasteiger partial charge in [0.25, 0.3) is 0 Å². The Labute approximate surface area is 110 Å². The van der Waals surface area contributed by atoms with E-state index >= 15 is 0 Å². The molecule has 18 heavy (non-hydrogen) atoms. The fourth-order valence-corrected chi connectivity index (χ4v) is 3.09.